The van der Waals surface area contributed by atoms with Gasteiger partial charge in [-0.25, -0.2) is 0 Å². The van der Waals surface area contributed by atoms with Crippen LogP contribution in [0.4, 0.5) is 5.69 Å². The molecule has 1 amide bonds. The standard InChI is InChI=1S/C16H22N2O3/c1-11-2-3-16(19)18(5-4-11)10-12-8-14-15(9-13(12)17)21-7-6-20-14/h8-9,11H,2-7,10,17H2,1H3. The summed E-state index contributed by atoms with van der Waals surface area (Å²) < 4.78 is 11.1. The molecule has 2 heterocycles. The van der Waals surface area contributed by atoms with Crippen LogP contribution in [0.5, 0.6) is 11.5 Å². The van der Waals surface area contributed by atoms with Crippen molar-refractivity contribution in [2.45, 2.75) is 32.7 Å². The molecule has 5 heteroatoms. The van der Waals surface area contributed by atoms with E-state index in [-0.39, 0.29) is 5.91 Å². The summed E-state index contributed by atoms with van der Waals surface area (Å²) in [4.78, 5) is 14.1. The van der Waals surface area contributed by atoms with Crippen LogP contribution >= 0.6 is 0 Å². The number of amides is 1. The summed E-state index contributed by atoms with van der Waals surface area (Å²) in [5.41, 5.74) is 7.69. The van der Waals surface area contributed by atoms with Gasteiger partial charge in [0.05, 0.1) is 0 Å². The first-order chi connectivity index (χ1) is 10.1. The lowest BCUT2D eigenvalue weighted by Crippen LogP contribution is -2.30. The summed E-state index contributed by atoms with van der Waals surface area (Å²) in [5.74, 6) is 2.24. The van der Waals surface area contributed by atoms with Crippen LogP contribution in [0.2, 0.25) is 0 Å². The average molecular weight is 290 g/mol. The second-order valence-corrected chi connectivity index (χ2v) is 5.94. The van der Waals surface area contributed by atoms with E-state index in [2.05, 4.69) is 6.92 Å². The van der Waals surface area contributed by atoms with Gasteiger partial charge in [-0.3, -0.25) is 4.79 Å². The van der Waals surface area contributed by atoms with Gasteiger partial charge in [-0.1, -0.05) is 6.92 Å². The Kier molecular flexibility index (Phi) is 3.90. The molecular weight excluding hydrogens is 268 g/mol. The second-order valence-electron chi connectivity index (χ2n) is 5.94. The van der Waals surface area contributed by atoms with Crippen molar-refractivity contribution < 1.29 is 14.3 Å². The fourth-order valence-electron chi connectivity index (χ4n) is 2.83. The number of anilines is 1. The van der Waals surface area contributed by atoms with Crippen molar-refractivity contribution in [2.24, 2.45) is 5.92 Å². The Bertz CT molecular complexity index is 545. The molecule has 0 aromatic heterocycles. The molecule has 1 aromatic carbocycles. The average Bonchev–Trinajstić information content (AvgIpc) is 2.63. The van der Waals surface area contributed by atoms with E-state index in [1.54, 1.807) is 6.07 Å². The Morgan fingerprint density at radius 3 is 2.71 bits per heavy atom. The smallest absolute Gasteiger partial charge is 0.222 e. The van der Waals surface area contributed by atoms with Gasteiger partial charge in [0.25, 0.3) is 0 Å². The molecule has 1 atom stereocenters. The largest absolute Gasteiger partial charge is 0.486 e. The predicted octanol–water partition coefficient (Wildman–Crippen LogP) is 2.19. The van der Waals surface area contributed by atoms with E-state index in [4.69, 9.17) is 15.2 Å². The molecule has 5 nitrogen and oxygen atoms in total. The number of nitrogens with two attached hydrogens (primary N) is 1. The van der Waals surface area contributed by atoms with E-state index in [9.17, 15) is 4.79 Å². The zero-order valence-electron chi connectivity index (χ0n) is 12.4. The van der Waals surface area contributed by atoms with Crippen molar-refractivity contribution in [3.63, 3.8) is 0 Å². The van der Waals surface area contributed by atoms with Crippen molar-refractivity contribution in [3.05, 3.63) is 17.7 Å². The number of nitrogen functional groups attached to an aromatic ring is 1. The van der Waals surface area contributed by atoms with Crippen molar-refractivity contribution in [1.29, 1.82) is 0 Å². The zero-order chi connectivity index (χ0) is 14.8. The fourth-order valence-corrected chi connectivity index (χ4v) is 2.83. The number of rotatable bonds is 2. The van der Waals surface area contributed by atoms with Crippen LogP contribution in [-0.2, 0) is 11.3 Å². The number of hydrogen-bond donors (Lipinski definition) is 1. The molecule has 0 bridgehead atoms. The zero-order valence-corrected chi connectivity index (χ0v) is 12.4. The molecule has 0 radical (unpaired) electrons. The summed E-state index contributed by atoms with van der Waals surface area (Å²) in [7, 11) is 0. The molecule has 0 aliphatic carbocycles. The number of likely N-dealkylation sites (tertiary alicyclic amines) is 1. The highest BCUT2D eigenvalue weighted by molar-refractivity contribution is 5.76. The van der Waals surface area contributed by atoms with Gasteiger partial charge in [0.1, 0.15) is 13.2 Å². The van der Waals surface area contributed by atoms with Gasteiger partial charge in [-0.15, -0.1) is 0 Å². The van der Waals surface area contributed by atoms with Crippen molar-refractivity contribution in [2.75, 3.05) is 25.5 Å². The van der Waals surface area contributed by atoms with E-state index in [1.807, 2.05) is 11.0 Å². The topological polar surface area (TPSA) is 64.8 Å². The Morgan fingerprint density at radius 1 is 1.24 bits per heavy atom. The van der Waals surface area contributed by atoms with Crippen LogP contribution in [0.15, 0.2) is 12.1 Å². The summed E-state index contributed by atoms with van der Waals surface area (Å²) in [6.45, 7) is 4.65. The molecule has 1 saturated heterocycles. The summed E-state index contributed by atoms with van der Waals surface area (Å²) in [6.07, 6.45) is 2.66. The van der Waals surface area contributed by atoms with E-state index < -0.39 is 0 Å². The van der Waals surface area contributed by atoms with Gasteiger partial charge in [0.2, 0.25) is 5.91 Å². The lowest BCUT2D eigenvalue weighted by molar-refractivity contribution is -0.131. The molecule has 114 valence electrons. The maximum absolute atomic E-state index is 12.2. The van der Waals surface area contributed by atoms with Crippen LogP contribution in [0.25, 0.3) is 0 Å². The predicted molar refractivity (Wildman–Crippen MR) is 80.3 cm³/mol. The number of nitrogens with zero attached hydrogens (tertiary/aromatic N) is 1. The maximum atomic E-state index is 12.2. The third-order valence-corrected chi connectivity index (χ3v) is 4.26. The molecule has 3 rings (SSSR count). The molecule has 1 unspecified atom stereocenters. The monoisotopic (exact) mass is 290 g/mol. The molecule has 1 aromatic rings. The van der Waals surface area contributed by atoms with Gasteiger partial charge >= 0.3 is 0 Å². The number of fused-ring (bicyclic) bond motifs is 1. The molecule has 21 heavy (non-hydrogen) atoms. The molecule has 1 fully saturated rings. The van der Waals surface area contributed by atoms with Crippen molar-refractivity contribution in [3.8, 4) is 11.5 Å². The lowest BCUT2D eigenvalue weighted by Gasteiger charge is -2.24. The number of ether oxygens (including phenoxy) is 2. The normalized spacial score (nSPS) is 22.0. The van der Waals surface area contributed by atoms with E-state index in [0.717, 1.165) is 30.7 Å². The Labute approximate surface area is 125 Å². The first-order valence-electron chi connectivity index (χ1n) is 7.59. The summed E-state index contributed by atoms with van der Waals surface area (Å²) >= 11 is 0. The van der Waals surface area contributed by atoms with Crippen LogP contribution in [0.3, 0.4) is 0 Å². The van der Waals surface area contributed by atoms with Crippen LogP contribution in [-0.4, -0.2) is 30.6 Å². The van der Waals surface area contributed by atoms with Crippen LogP contribution < -0.4 is 15.2 Å². The quantitative estimate of drug-likeness (QED) is 0.848. The van der Waals surface area contributed by atoms with Crippen LogP contribution in [0.1, 0.15) is 31.7 Å². The molecule has 2 aliphatic heterocycles. The van der Waals surface area contributed by atoms with Crippen molar-refractivity contribution in [1.82, 2.24) is 4.90 Å². The number of benzene rings is 1. The fraction of sp³-hybridized carbons (Fsp3) is 0.562. The van der Waals surface area contributed by atoms with Gasteiger partial charge < -0.3 is 20.1 Å². The first-order valence-corrected chi connectivity index (χ1v) is 7.59. The molecule has 2 aliphatic rings. The van der Waals surface area contributed by atoms with Gasteiger partial charge in [-0.05, 0) is 30.4 Å². The van der Waals surface area contributed by atoms with Gasteiger partial charge in [0, 0.05) is 31.3 Å². The van der Waals surface area contributed by atoms with E-state index in [0.29, 0.717) is 43.5 Å². The minimum atomic E-state index is 0.216. The summed E-state index contributed by atoms with van der Waals surface area (Å²) in [5, 5.41) is 0. The first kappa shape index (κ1) is 14.0. The van der Waals surface area contributed by atoms with E-state index >= 15 is 0 Å². The molecule has 2 N–H and O–H groups in total. The van der Waals surface area contributed by atoms with Crippen LogP contribution in [0, 0.1) is 5.92 Å². The highest BCUT2D eigenvalue weighted by Gasteiger charge is 2.22. The third kappa shape index (κ3) is 3.06. The van der Waals surface area contributed by atoms with Gasteiger partial charge in [0.15, 0.2) is 11.5 Å². The Hall–Kier alpha value is -1.91. The number of hydrogen-bond acceptors (Lipinski definition) is 4. The Morgan fingerprint density at radius 2 is 1.95 bits per heavy atom. The second kappa shape index (κ2) is 5.84. The van der Waals surface area contributed by atoms with Crippen molar-refractivity contribution >= 4 is 11.6 Å². The number of carbonyl (C=O) groups excluding carboxylic acids is 1. The highest BCUT2D eigenvalue weighted by atomic mass is 16.6. The molecule has 0 spiro atoms. The lowest BCUT2D eigenvalue weighted by atomic mass is 10.0. The SMILES string of the molecule is CC1CCC(=O)N(Cc2cc3c(cc2N)OCCO3)CC1. The minimum absolute atomic E-state index is 0.216. The number of carbonyl (C=O) groups is 1. The van der Waals surface area contributed by atoms with Gasteiger partial charge in [-0.2, -0.15) is 0 Å². The highest BCUT2D eigenvalue weighted by Crippen LogP contribution is 2.35. The minimum Gasteiger partial charge on any atom is -0.486 e. The summed E-state index contributed by atoms with van der Waals surface area (Å²) in [6, 6.07) is 3.71. The maximum Gasteiger partial charge on any atom is 0.222 e. The molecule has 0 saturated carbocycles. The third-order valence-electron chi connectivity index (χ3n) is 4.26. The Balaban J connectivity index is 1.79. The molecular formula is C16H22N2O3. The van der Waals surface area contributed by atoms with E-state index in [1.165, 1.54) is 0 Å².